The second-order valence-electron chi connectivity index (χ2n) is 5.91. The normalized spacial score (nSPS) is 11.3. The summed E-state index contributed by atoms with van der Waals surface area (Å²) in [6.45, 7) is 4.97. The third-order valence-electron chi connectivity index (χ3n) is 3.58. The van der Waals surface area contributed by atoms with E-state index in [9.17, 15) is 9.59 Å². The Balaban J connectivity index is 2.19. The van der Waals surface area contributed by atoms with Crippen LogP contribution in [0.5, 0.6) is 0 Å². The van der Waals surface area contributed by atoms with Crippen molar-refractivity contribution in [2.75, 3.05) is 6.54 Å². The first-order valence-electron chi connectivity index (χ1n) is 7.04. The maximum absolute atomic E-state index is 12.3. The Kier molecular flexibility index (Phi) is 4.89. The van der Waals surface area contributed by atoms with Crippen LogP contribution < -0.4 is 5.32 Å². The highest BCUT2D eigenvalue weighted by molar-refractivity contribution is 9.10. The molecule has 1 heterocycles. The first-order valence-corrected chi connectivity index (χ1v) is 7.84. The molecule has 2 N–H and O–H groups in total. The van der Waals surface area contributed by atoms with Crippen LogP contribution >= 0.6 is 15.9 Å². The van der Waals surface area contributed by atoms with Gasteiger partial charge in [-0.05, 0) is 39.0 Å². The second-order valence-corrected chi connectivity index (χ2v) is 6.82. The molecular weight excluding hydrogens is 362 g/mol. The first-order chi connectivity index (χ1) is 10.7. The number of nitrogens with zero attached hydrogens (tertiary/aromatic N) is 2. The molecule has 0 spiro atoms. The number of benzene rings is 1. The molecule has 0 aliphatic carbocycles. The zero-order chi connectivity index (χ0) is 17.2. The fraction of sp³-hybridized carbons (Fsp3) is 0.312. The van der Waals surface area contributed by atoms with Crippen LogP contribution in [0.25, 0.3) is 5.69 Å². The summed E-state index contributed by atoms with van der Waals surface area (Å²) in [5.41, 5.74) is 0.922. The summed E-state index contributed by atoms with van der Waals surface area (Å²) in [6, 6.07) is 7.58. The molecule has 2 aromatic rings. The van der Waals surface area contributed by atoms with Crippen LogP contribution in [0.3, 0.4) is 0 Å². The Morgan fingerprint density at radius 2 is 2.09 bits per heavy atom. The van der Waals surface area contributed by atoms with Gasteiger partial charge in [-0.25, -0.2) is 4.68 Å². The largest absolute Gasteiger partial charge is 0.481 e. The summed E-state index contributed by atoms with van der Waals surface area (Å²) >= 11 is 3.40. The molecule has 1 aromatic heterocycles. The summed E-state index contributed by atoms with van der Waals surface area (Å²) in [4.78, 5) is 23.4. The van der Waals surface area contributed by atoms with Crippen LogP contribution in [0.2, 0.25) is 0 Å². The Hall–Kier alpha value is -2.15. The molecule has 2 rings (SSSR count). The van der Waals surface area contributed by atoms with E-state index in [1.54, 1.807) is 25.5 Å². The van der Waals surface area contributed by atoms with E-state index in [0.29, 0.717) is 11.3 Å². The van der Waals surface area contributed by atoms with Crippen LogP contribution in [-0.4, -0.2) is 33.3 Å². The predicted octanol–water partition coefficient (Wildman–Crippen LogP) is 2.78. The van der Waals surface area contributed by atoms with E-state index >= 15 is 0 Å². The third kappa shape index (κ3) is 3.79. The molecule has 0 aliphatic heterocycles. The number of hydrogen-bond donors (Lipinski definition) is 2. The Morgan fingerprint density at radius 3 is 2.70 bits per heavy atom. The van der Waals surface area contributed by atoms with Crippen molar-refractivity contribution in [3.8, 4) is 5.69 Å². The number of carbonyl (C=O) groups is 2. The average Bonchev–Trinajstić information content (AvgIpc) is 2.86. The fourth-order valence-electron chi connectivity index (χ4n) is 1.97. The Labute approximate surface area is 142 Å². The van der Waals surface area contributed by atoms with E-state index in [2.05, 4.69) is 26.3 Å². The lowest BCUT2D eigenvalue weighted by molar-refractivity contribution is -0.146. The zero-order valence-electron chi connectivity index (χ0n) is 13.1. The van der Waals surface area contributed by atoms with Crippen molar-refractivity contribution in [1.29, 1.82) is 0 Å². The molecule has 6 nitrogen and oxygen atoms in total. The topological polar surface area (TPSA) is 84.2 Å². The van der Waals surface area contributed by atoms with Crippen molar-refractivity contribution >= 4 is 27.8 Å². The van der Waals surface area contributed by atoms with E-state index in [1.165, 1.54) is 6.20 Å². The highest BCUT2D eigenvalue weighted by atomic mass is 79.9. The van der Waals surface area contributed by atoms with Crippen LogP contribution in [0.15, 0.2) is 34.9 Å². The molecule has 0 unspecified atom stereocenters. The van der Waals surface area contributed by atoms with E-state index in [-0.39, 0.29) is 12.5 Å². The lowest BCUT2D eigenvalue weighted by Crippen LogP contribution is -2.39. The van der Waals surface area contributed by atoms with Gasteiger partial charge in [0.15, 0.2) is 0 Å². The first kappa shape index (κ1) is 17.2. The molecule has 0 atom stereocenters. The van der Waals surface area contributed by atoms with Crippen molar-refractivity contribution in [3.05, 3.63) is 46.2 Å². The van der Waals surface area contributed by atoms with Crippen molar-refractivity contribution in [2.45, 2.75) is 20.8 Å². The molecule has 1 amide bonds. The van der Waals surface area contributed by atoms with Gasteiger partial charge >= 0.3 is 5.97 Å². The maximum atomic E-state index is 12.3. The number of aliphatic carboxylic acids is 1. The van der Waals surface area contributed by atoms with Crippen LogP contribution in [-0.2, 0) is 4.79 Å². The maximum Gasteiger partial charge on any atom is 0.310 e. The van der Waals surface area contributed by atoms with Gasteiger partial charge in [0.05, 0.1) is 28.6 Å². The molecule has 7 heteroatoms. The molecule has 0 bridgehead atoms. The predicted molar refractivity (Wildman–Crippen MR) is 89.8 cm³/mol. The van der Waals surface area contributed by atoms with Crippen LogP contribution in [0, 0.1) is 12.3 Å². The van der Waals surface area contributed by atoms with Gasteiger partial charge in [-0.1, -0.05) is 22.0 Å². The monoisotopic (exact) mass is 379 g/mol. The minimum absolute atomic E-state index is 0.0443. The van der Waals surface area contributed by atoms with Crippen LogP contribution in [0.1, 0.15) is 29.9 Å². The van der Waals surface area contributed by atoms with Crippen molar-refractivity contribution in [1.82, 2.24) is 15.1 Å². The third-order valence-corrected chi connectivity index (χ3v) is 4.07. The highest BCUT2D eigenvalue weighted by Crippen LogP contribution is 2.19. The second kappa shape index (κ2) is 6.54. The molecule has 1 aromatic carbocycles. The smallest absolute Gasteiger partial charge is 0.310 e. The summed E-state index contributed by atoms with van der Waals surface area (Å²) in [6.07, 6.45) is 1.49. The number of aromatic nitrogens is 2. The summed E-state index contributed by atoms with van der Waals surface area (Å²) in [7, 11) is 0. The number of nitrogens with one attached hydrogen (secondary N) is 1. The summed E-state index contributed by atoms with van der Waals surface area (Å²) in [5.74, 6) is -1.29. The van der Waals surface area contributed by atoms with Crippen molar-refractivity contribution in [2.24, 2.45) is 5.41 Å². The number of hydrogen-bond acceptors (Lipinski definition) is 3. The SMILES string of the molecule is Cc1c(C(=O)NCC(C)(C)C(=O)O)cnn1-c1cccc(Br)c1. The van der Waals surface area contributed by atoms with Gasteiger partial charge in [0.2, 0.25) is 0 Å². The number of rotatable bonds is 5. The van der Waals surface area contributed by atoms with Crippen molar-refractivity contribution in [3.63, 3.8) is 0 Å². The van der Waals surface area contributed by atoms with E-state index in [0.717, 1.165) is 10.2 Å². The lowest BCUT2D eigenvalue weighted by atomic mass is 9.94. The Morgan fingerprint density at radius 1 is 1.39 bits per heavy atom. The molecule has 0 saturated carbocycles. The number of carboxylic acids is 1. The van der Waals surface area contributed by atoms with Gasteiger partial charge in [-0.2, -0.15) is 5.10 Å². The molecule has 0 saturated heterocycles. The molecule has 122 valence electrons. The summed E-state index contributed by atoms with van der Waals surface area (Å²) in [5, 5.41) is 16.0. The Bertz CT molecular complexity index is 753. The van der Waals surface area contributed by atoms with Gasteiger partial charge in [0.25, 0.3) is 5.91 Å². The summed E-state index contributed by atoms with van der Waals surface area (Å²) < 4.78 is 2.58. The highest BCUT2D eigenvalue weighted by Gasteiger charge is 2.28. The molecule has 23 heavy (non-hydrogen) atoms. The van der Waals surface area contributed by atoms with Gasteiger partial charge < -0.3 is 10.4 Å². The molecule has 0 aliphatic rings. The van der Waals surface area contributed by atoms with Gasteiger partial charge in [-0.15, -0.1) is 0 Å². The lowest BCUT2D eigenvalue weighted by Gasteiger charge is -2.19. The van der Waals surface area contributed by atoms with Crippen molar-refractivity contribution < 1.29 is 14.7 Å². The van der Waals surface area contributed by atoms with E-state index in [4.69, 9.17) is 5.11 Å². The minimum Gasteiger partial charge on any atom is -0.481 e. The number of carboxylic acid groups (broad SMARTS) is 1. The number of amides is 1. The van der Waals surface area contributed by atoms with Gasteiger partial charge in [0, 0.05) is 11.0 Å². The van der Waals surface area contributed by atoms with Gasteiger partial charge in [0.1, 0.15) is 0 Å². The fourth-order valence-corrected chi connectivity index (χ4v) is 2.36. The molecule has 0 radical (unpaired) electrons. The van der Waals surface area contributed by atoms with E-state index in [1.807, 2.05) is 24.3 Å². The van der Waals surface area contributed by atoms with Crippen LogP contribution in [0.4, 0.5) is 0 Å². The number of carbonyl (C=O) groups excluding carboxylic acids is 1. The molecular formula is C16H18BrN3O3. The zero-order valence-corrected chi connectivity index (χ0v) is 14.7. The molecule has 0 fully saturated rings. The minimum atomic E-state index is -1.02. The number of halogens is 1. The van der Waals surface area contributed by atoms with Gasteiger partial charge in [-0.3, -0.25) is 9.59 Å². The quantitative estimate of drug-likeness (QED) is 0.836. The average molecular weight is 380 g/mol. The standard InChI is InChI=1S/C16H18BrN3O3/c1-10-13(14(21)18-9-16(2,3)15(22)23)8-19-20(10)12-6-4-5-11(17)7-12/h4-8H,9H2,1-3H3,(H,18,21)(H,22,23). The van der Waals surface area contributed by atoms with E-state index < -0.39 is 11.4 Å².